The van der Waals surface area contributed by atoms with Crippen LogP contribution in [0.4, 0.5) is 5.69 Å². The van der Waals surface area contributed by atoms with E-state index in [0.717, 1.165) is 17.5 Å². The van der Waals surface area contributed by atoms with Crippen LogP contribution in [0.3, 0.4) is 0 Å². The summed E-state index contributed by atoms with van der Waals surface area (Å²) >= 11 is 6.26. The molecule has 0 aromatic heterocycles. The Labute approximate surface area is 131 Å². The highest BCUT2D eigenvalue weighted by Gasteiger charge is 2.34. The van der Waals surface area contributed by atoms with Crippen LogP contribution in [-0.4, -0.2) is 19.1 Å². The van der Waals surface area contributed by atoms with Crippen molar-refractivity contribution in [3.63, 3.8) is 0 Å². The van der Waals surface area contributed by atoms with Crippen LogP contribution < -0.4 is 5.32 Å². The molecule has 0 saturated heterocycles. The number of methoxy groups -OCH3 is 1. The van der Waals surface area contributed by atoms with E-state index < -0.39 is 0 Å². The molecule has 0 aliphatic heterocycles. The molecule has 2 aliphatic carbocycles. The molecule has 2 aliphatic rings. The van der Waals surface area contributed by atoms with Crippen molar-refractivity contribution in [2.24, 2.45) is 11.8 Å². The minimum Gasteiger partial charge on any atom is -0.465 e. The Kier molecular flexibility index (Phi) is 4.39. The first kappa shape index (κ1) is 14.7. The molecule has 21 heavy (non-hydrogen) atoms. The first-order valence-electron chi connectivity index (χ1n) is 7.82. The SMILES string of the molecule is COC(=O)c1ccc(Cl)c(NC2CCCC(C3CC3)C2)c1. The third-order valence-electron chi connectivity index (χ3n) is 4.75. The number of carbonyl (C=O) groups excluding carboxylic acids is 1. The minimum absolute atomic E-state index is 0.325. The monoisotopic (exact) mass is 307 g/mol. The van der Waals surface area contributed by atoms with Gasteiger partial charge in [-0.1, -0.05) is 24.4 Å². The Bertz CT molecular complexity index is 528. The fraction of sp³-hybridized carbons (Fsp3) is 0.588. The first-order valence-corrected chi connectivity index (χ1v) is 8.19. The molecule has 114 valence electrons. The zero-order valence-corrected chi connectivity index (χ0v) is 13.2. The van der Waals surface area contributed by atoms with Gasteiger partial charge in [-0.15, -0.1) is 0 Å². The summed E-state index contributed by atoms with van der Waals surface area (Å²) in [5.74, 6) is 1.51. The fourth-order valence-corrected chi connectivity index (χ4v) is 3.63. The molecule has 0 bridgehead atoms. The summed E-state index contributed by atoms with van der Waals surface area (Å²) in [7, 11) is 1.39. The second kappa shape index (κ2) is 6.27. The third-order valence-corrected chi connectivity index (χ3v) is 5.08. The molecule has 1 aromatic rings. The summed E-state index contributed by atoms with van der Waals surface area (Å²) in [5, 5.41) is 4.20. The molecule has 3 nitrogen and oxygen atoms in total. The molecule has 2 saturated carbocycles. The van der Waals surface area contributed by atoms with E-state index in [1.54, 1.807) is 18.2 Å². The van der Waals surface area contributed by atoms with Gasteiger partial charge in [-0.2, -0.15) is 0 Å². The van der Waals surface area contributed by atoms with E-state index in [1.165, 1.54) is 45.6 Å². The van der Waals surface area contributed by atoms with Gasteiger partial charge in [0.1, 0.15) is 0 Å². The van der Waals surface area contributed by atoms with Crippen molar-refractivity contribution in [3.8, 4) is 0 Å². The molecule has 4 heteroatoms. The smallest absolute Gasteiger partial charge is 0.337 e. The molecule has 2 unspecified atom stereocenters. The predicted molar refractivity (Wildman–Crippen MR) is 84.9 cm³/mol. The van der Waals surface area contributed by atoms with E-state index >= 15 is 0 Å². The molecule has 0 amide bonds. The average molecular weight is 308 g/mol. The molecule has 2 fully saturated rings. The number of esters is 1. The van der Waals surface area contributed by atoms with Crippen molar-refractivity contribution >= 4 is 23.3 Å². The van der Waals surface area contributed by atoms with Gasteiger partial charge in [0.15, 0.2) is 0 Å². The van der Waals surface area contributed by atoms with Crippen LogP contribution in [0.15, 0.2) is 18.2 Å². The summed E-state index contributed by atoms with van der Waals surface area (Å²) in [6.45, 7) is 0. The Morgan fingerprint density at radius 1 is 1.24 bits per heavy atom. The highest BCUT2D eigenvalue weighted by atomic mass is 35.5. The number of ether oxygens (including phenoxy) is 1. The normalized spacial score (nSPS) is 25.4. The van der Waals surface area contributed by atoms with E-state index in [9.17, 15) is 4.79 Å². The van der Waals surface area contributed by atoms with Crippen LogP contribution >= 0.6 is 11.6 Å². The number of halogens is 1. The summed E-state index contributed by atoms with van der Waals surface area (Å²) < 4.78 is 4.77. The Balaban J connectivity index is 1.69. The minimum atomic E-state index is -0.325. The maximum atomic E-state index is 11.6. The maximum Gasteiger partial charge on any atom is 0.337 e. The highest BCUT2D eigenvalue weighted by molar-refractivity contribution is 6.33. The highest BCUT2D eigenvalue weighted by Crippen LogP contribution is 2.44. The lowest BCUT2D eigenvalue weighted by Gasteiger charge is -2.31. The van der Waals surface area contributed by atoms with Gasteiger partial charge in [-0.25, -0.2) is 4.79 Å². The Morgan fingerprint density at radius 2 is 2.05 bits per heavy atom. The second-order valence-corrected chi connectivity index (χ2v) is 6.70. The second-order valence-electron chi connectivity index (χ2n) is 6.29. The van der Waals surface area contributed by atoms with Crippen LogP contribution in [0.1, 0.15) is 48.9 Å². The van der Waals surface area contributed by atoms with Crippen LogP contribution in [0.5, 0.6) is 0 Å². The van der Waals surface area contributed by atoms with Gasteiger partial charge >= 0.3 is 5.97 Å². The topological polar surface area (TPSA) is 38.3 Å². The van der Waals surface area contributed by atoms with E-state index in [4.69, 9.17) is 16.3 Å². The summed E-state index contributed by atoms with van der Waals surface area (Å²) in [5.41, 5.74) is 1.39. The van der Waals surface area contributed by atoms with Gasteiger partial charge in [0.25, 0.3) is 0 Å². The van der Waals surface area contributed by atoms with Crippen molar-refractivity contribution in [2.45, 2.75) is 44.6 Å². The van der Waals surface area contributed by atoms with E-state index in [2.05, 4.69) is 5.32 Å². The largest absolute Gasteiger partial charge is 0.465 e. The number of anilines is 1. The molecule has 0 radical (unpaired) electrons. The van der Waals surface area contributed by atoms with Crippen LogP contribution in [0.25, 0.3) is 0 Å². The Hall–Kier alpha value is -1.22. The van der Waals surface area contributed by atoms with Crippen molar-refractivity contribution in [1.82, 2.24) is 0 Å². The molecular formula is C17H22ClNO2. The summed E-state index contributed by atoms with van der Waals surface area (Å²) in [6, 6.07) is 5.73. The van der Waals surface area contributed by atoms with Gasteiger partial charge in [-0.3, -0.25) is 0 Å². The fourth-order valence-electron chi connectivity index (χ4n) is 3.46. The van der Waals surface area contributed by atoms with Gasteiger partial charge in [0, 0.05) is 6.04 Å². The number of hydrogen-bond donors (Lipinski definition) is 1. The molecule has 1 N–H and O–H groups in total. The van der Waals surface area contributed by atoms with Gasteiger partial charge in [-0.05, 0) is 55.7 Å². The van der Waals surface area contributed by atoms with E-state index in [-0.39, 0.29) is 5.97 Å². The molecule has 0 spiro atoms. The van der Waals surface area contributed by atoms with Gasteiger partial charge < -0.3 is 10.1 Å². The standard InChI is InChI=1S/C17H22ClNO2/c1-21-17(20)13-7-8-15(18)16(10-13)19-14-4-2-3-12(9-14)11-5-6-11/h7-8,10-12,14,19H,2-6,9H2,1H3. The Morgan fingerprint density at radius 3 is 2.76 bits per heavy atom. The van der Waals surface area contributed by atoms with E-state index in [1.807, 2.05) is 0 Å². The maximum absolute atomic E-state index is 11.6. The molecule has 3 rings (SSSR count). The molecule has 1 aromatic carbocycles. The lowest BCUT2D eigenvalue weighted by molar-refractivity contribution is 0.0601. The number of carbonyl (C=O) groups is 1. The number of nitrogens with one attached hydrogen (secondary N) is 1. The van der Waals surface area contributed by atoms with Crippen molar-refractivity contribution in [2.75, 3.05) is 12.4 Å². The number of rotatable bonds is 4. The average Bonchev–Trinajstić information content (AvgIpc) is 3.34. The summed E-state index contributed by atoms with van der Waals surface area (Å²) in [6.07, 6.45) is 7.89. The van der Waals surface area contributed by atoms with Gasteiger partial charge in [0.2, 0.25) is 0 Å². The molecular weight excluding hydrogens is 286 g/mol. The zero-order chi connectivity index (χ0) is 14.8. The number of hydrogen-bond acceptors (Lipinski definition) is 3. The summed E-state index contributed by atoms with van der Waals surface area (Å²) in [4.78, 5) is 11.6. The van der Waals surface area contributed by atoms with E-state index in [0.29, 0.717) is 16.6 Å². The number of benzene rings is 1. The molecule has 0 heterocycles. The quantitative estimate of drug-likeness (QED) is 0.832. The third kappa shape index (κ3) is 3.52. The van der Waals surface area contributed by atoms with Crippen LogP contribution in [-0.2, 0) is 4.74 Å². The van der Waals surface area contributed by atoms with Crippen LogP contribution in [0, 0.1) is 11.8 Å². The predicted octanol–water partition coefficient (Wildman–Crippen LogP) is 4.51. The van der Waals surface area contributed by atoms with Crippen LogP contribution in [0.2, 0.25) is 5.02 Å². The van der Waals surface area contributed by atoms with Crippen molar-refractivity contribution < 1.29 is 9.53 Å². The van der Waals surface area contributed by atoms with Crippen molar-refractivity contribution in [1.29, 1.82) is 0 Å². The van der Waals surface area contributed by atoms with Gasteiger partial charge in [0.05, 0.1) is 23.4 Å². The lowest BCUT2D eigenvalue weighted by atomic mass is 9.82. The lowest BCUT2D eigenvalue weighted by Crippen LogP contribution is -2.28. The molecule has 2 atom stereocenters. The first-order chi connectivity index (χ1) is 10.2. The zero-order valence-electron chi connectivity index (χ0n) is 12.4. The van der Waals surface area contributed by atoms with Crippen molar-refractivity contribution in [3.05, 3.63) is 28.8 Å².